The number of methoxy groups -OCH3 is 1. The number of benzene rings is 1. The Morgan fingerprint density at radius 1 is 1.18 bits per heavy atom. The van der Waals surface area contributed by atoms with Gasteiger partial charge in [0.25, 0.3) is 0 Å². The summed E-state index contributed by atoms with van der Waals surface area (Å²) in [6.07, 6.45) is 2.19. The van der Waals surface area contributed by atoms with Gasteiger partial charge in [0.1, 0.15) is 11.3 Å². The van der Waals surface area contributed by atoms with Crippen molar-refractivity contribution in [1.82, 2.24) is 4.57 Å². The average molecular weight is 406 g/mol. The molecule has 1 aliphatic carbocycles. The van der Waals surface area contributed by atoms with Crippen molar-refractivity contribution >= 4 is 21.8 Å². The van der Waals surface area contributed by atoms with E-state index in [1.807, 2.05) is 13.8 Å². The van der Waals surface area contributed by atoms with Gasteiger partial charge in [-0.1, -0.05) is 0 Å². The van der Waals surface area contributed by atoms with Crippen LogP contribution in [0.25, 0.3) is 0 Å². The molecule has 1 heterocycles. The van der Waals surface area contributed by atoms with Gasteiger partial charge in [-0.25, -0.2) is 18.4 Å². The molecule has 0 amide bonds. The number of aryl methyl sites for hydroxylation is 1. The minimum absolute atomic E-state index is 0.120. The summed E-state index contributed by atoms with van der Waals surface area (Å²) in [5.74, 6) is -1.07. The molecule has 0 saturated heterocycles. The molecule has 0 spiro atoms. The molecule has 0 radical (unpaired) electrons. The number of sulfonamides is 1. The van der Waals surface area contributed by atoms with Crippen LogP contribution >= 0.6 is 0 Å². The lowest BCUT2D eigenvalue weighted by Gasteiger charge is -2.10. The predicted octanol–water partition coefficient (Wildman–Crippen LogP) is 2.14. The Morgan fingerprint density at radius 2 is 1.86 bits per heavy atom. The normalized spacial score (nSPS) is 14.0. The summed E-state index contributed by atoms with van der Waals surface area (Å²) in [5, 5.41) is 5.10. The molecule has 150 valence electrons. The van der Waals surface area contributed by atoms with Crippen LogP contribution in [0.2, 0.25) is 0 Å². The lowest BCUT2D eigenvalue weighted by molar-refractivity contribution is 0.0471. The maximum atomic E-state index is 12.6. The van der Waals surface area contributed by atoms with Crippen molar-refractivity contribution in [2.45, 2.75) is 37.6 Å². The zero-order valence-corrected chi connectivity index (χ0v) is 16.7. The molecule has 1 saturated carbocycles. The molecule has 9 heteroatoms. The smallest absolute Gasteiger partial charge is 0.342 e. The van der Waals surface area contributed by atoms with Crippen LogP contribution in [0.15, 0.2) is 29.2 Å². The second kappa shape index (κ2) is 7.40. The van der Waals surface area contributed by atoms with Gasteiger partial charge >= 0.3 is 5.97 Å². The van der Waals surface area contributed by atoms with E-state index in [1.54, 1.807) is 6.07 Å². The SMILES string of the molecule is COc1ccc(S(N)(=O)=O)cc1C(=O)OCC(=O)c1cc(C)n(C2CC2)c1C. The van der Waals surface area contributed by atoms with Gasteiger partial charge < -0.3 is 14.0 Å². The van der Waals surface area contributed by atoms with Gasteiger partial charge in [0, 0.05) is 23.0 Å². The standard InChI is InChI=1S/C19H22N2O6S/c1-11-8-15(12(2)21(11)13-4-5-13)17(22)10-27-19(23)16-9-14(28(20,24)25)6-7-18(16)26-3/h6-9,13H,4-5,10H2,1-3H3,(H2,20,24,25). The number of ether oxygens (including phenoxy) is 2. The number of rotatable bonds is 7. The second-order valence-corrected chi connectivity index (χ2v) is 8.35. The van der Waals surface area contributed by atoms with Gasteiger partial charge in [-0.3, -0.25) is 4.79 Å². The number of carbonyl (C=O) groups excluding carboxylic acids is 2. The topological polar surface area (TPSA) is 118 Å². The third-order valence-electron chi connectivity index (χ3n) is 4.75. The highest BCUT2D eigenvalue weighted by Crippen LogP contribution is 2.38. The number of hydrogen-bond acceptors (Lipinski definition) is 6. The fourth-order valence-electron chi connectivity index (χ4n) is 3.26. The van der Waals surface area contributed by atoms with E-state index in [4.69, 9.17) is 14.6 Å². The van der Waals surface area contributed by atoms with Gasteiger partial charge in [-0.15, -0.1) is 0 Å². The van der Waals surface area contributed by atoms with E-state index < -0.39 is 22.6 Å². The van der Waals surface area contributed by atoms with Gasteiger partial charge in [-0.2, -0.15) is 0 Å². The second-order valence-electron chi connectivity index (χ2n) is 6.79. The van der Waals surface area contributed by atoms with Crippen molar-refractivity contribution in [3.05, 3.63) is 46.8 Å². The van der Waals surface area contributed by atoms with Crippen LogP contribution in [0.1, 0.15) is 51.0 Å². The Kier molecular flexibility index (Phi) is 5.31. The van der Waals surface area contributed by atoms with Crippen LogP contribution in [0.3, 0.4) is 0 Å². The number of hydrogen-bond donors (Lipinski definition) is 1. The van der Waals surface area contributed by atoms with E-state index >= 15 is 0 Å². The zero-order valence-electron chi connectivity index (χ0n) is 15.9. The highest BCUT2D eigenvalue weighted by molar-refractivity contribution is 7.89. The fourth-order valence-corrected chi connectivity index (χ4v) is 3.80. The van der Waals surface area contributed by atoms with E-state index in [0.29, 0.717) is 11.6 Å². The van der Waals surface area contributed by atoms with Crippen LogP contribution in [-0.2, 0) is 14.8 Å². The highest BCUT2D eigenvalue weighted by Gasteiger charge is 2.28. The molecular formula is C19H22N2O6S. The molecule has 3 rings (SSSR count). The summed E-state index contributed by atoms with van der Waals surface area (Å²) in [5.41, 5.74) is 2.25. The Morgan fingerprint density at radius 3 is 2.43 bits per heavy atom. The van der Waals surface area contributed by atoms with Gasteiger partial charge in [0.05, 0.1) is 12.0 Å². The Bertz CT molecular complexity index is 1050. The van der Waals surface area contributed by atoms with E-state index in [0.717, 1.165) is 30.3 Å². The fraction of sp³-hybridized carbons (Fsp3) is 0.368. The summed E-state index contributed by atoms with van der Waals surface area (Å²) >= 11 is 0. The minimum atomic E-state index is -4.00. The predicted molar refractivity (Wildman–Crippen MR) is 101 cm³/mol. The van der Waals surface area contributed by atoms with Crippen LogP contribution in [0.4, 0.5) is 0 Å². The van der Waals surface area contributed by atoms with Crippen molar-refractivity contribution in [3.63, 3.8) is 0 Å². The number of nitrogens with two attached hydrogens (primary N) is 1. The first-order valence-corrected chi connectivity index (χ1v) is 10.3. The molecule has 0 unspecified atom stereocenters. The quantitative estimate of drug-likeness (QED) is 0.556. The van der Waals surface area contributed by atoms with Gasteiger partial charge in [-0.05, 0) is 51.0 Å². The van der Waals surface area contributed by atoms with E-state index in [-0.39, 0.29) is 22.0 Å². The molecule has 1 aromatic heterocycles. The number of aromatic nitrogens is 1. The molecule has 0 bridgehead atoms. The van der Waals surface area contributed by atoms with Crippen LogP contribution in [0, 0.1) is 13.8 Å². The summed E-state index contributed by atoms with van der Waals surface area (Å²) < 4.78 is 35.4. The van der Waals surface area contributed by atoms with E-state index in [2.05, 4.69) is 4.57 Å². The summed E-state index contributed by atoms with van der Waals surface area (Å²) in [6, 6.07) is 5.84. The molecule has 0 atom stereocenters. The van der Waals surface area contributed by atoms with Crippen LogP contribution in [-0.4, -0.2) is 38.5 Å². The number of primary sulfonamides is 1. The highest BCUT2D eigenvalue weighted by atomic mass is 32.2. The number of ketones is 1. The lowest BCUT2D eigenvalue weighted by atomic mass is 10.1. The first kappa shape index (κ1) is 20.1. The van der Waals surface area contributed by atoms with Crippen molar-refractivity contribution in [2.75, 3.05) is 13.7 Å². The average Bonchev–Trinajstić information content (AvgIpc) is 3.42. The molecule has 2 N–H and O–H groups in total. The first-order valence-electron chi connectivity index (χ1n) is 8.73. The number of esters is 1. The van der Waals surface area contributed by atoms with Gasteiger partial charge in [0.2, 0.25) is 15.8 Å². The van der Waals surface area contributed by atoms with Crippen LogP contribution in [0.5, 0.6) is 5.75 Å². The number of nitrogens with zero attached hydrogens (tertiary/aromatic N) is 1. The molecule has 1 aliphatic rings. The Hall–Kier alpha value is -2.65. The molecular weight excluding hydrogens is 384 g/mol. The number of Topliss-reactive ketones (excluding diaryl/α,β-unsaturated/α-hetero) is 1. The largest absolute Gasteiger partial charge is 0.496 e. The molecule has 2 aromatic rings. The zero-order chi connectivity index (χ0) is 20.6. The molecule has 28 heavy (non-hydrogen) atoms. The molecule has 0 aliphatic heterocycles. The van der Waals surface area contributed by atoms with Crippen molar-refractivity contribution in [2.24, 2.45) is 5.14 Å². The van der Waals surface area contributed by atoms with Crippen molar-refractivity contribution in [3.8, 4) is 5.75 Å². The first-order chi connectivity index (χ1) is 13.1. The van der Waals surface area contributed by atoms with E-state index in [9.17, 15) is 18.0 Å². The van der Waals surface area contributed by atoms with Crippen molar-refractivity contribution in [1.29, 1.82) is 0 Å². The summed E-state index contributed by atoms with van der Waals surface area (Å²) in [6.45, 7) is 3.35. The molecule has 1 fully saturated rings. The third kappa shape index (κ3) is 3.95. The third-order valence-corrected chi connectivity index (χ3v) is 5.66. The number of carbonyl (C=O) groups is 2. The Balaban J connectivity index is 1.77. The lowest BCUT2D eigenvalue weighted by Crippen LogP contribution is -2.17. The molecule has 1 aromatic carbocycles. The maximum Gasteiger partial charge on any atom is 0.342 e. The van der Waals surface area contributed by atoms with Gasteiger partial charge in [0.15, 0.2) is 6.61 Å². The van der Waals surface area contributed by atoms with Crippen molar-refractivity contribution < 1.29 is 27.5 Å². The summed E-state index contributed by atoms with van der Waals surface area (Å²) in [7, 11) is -2.67. The minimum Gasteiger partial charge on any atom is -0.496 e. The van der Waals surface area contributed by atoms with E-state index in [1.165, 1.54) is 19.2 Å². The van der Waals surface area contributed by atoms with Crippen LogP contribution < -0.4 is 9.88 Å². The summed E-state index contributed by atoms with van der Waals surface area (Å²) in [4.78, 5) is 24.7. The molecule has 8 nitrogen and oxygen atoms in total. The Labute approximate surface area is 163 Å². The maximum absolute atomic E-state index is 12.6. The monoisotopic (exact) mass is 406 g/mol.